The lowest BCUT2D eigenvalue weighted by Crippen LogP contribution is -2.15. The van der Waals surface area contributed by atoms with E-state index in [-0.39, 0.29) is 17.5 Å². The SMILES string of the molecule is CC(OC(=O)/C=C/c1ccc2c(c1)OCCO2)c1nnc(-c2ccc([N+](=O)[O-])cc2)o1. The maximum absolute atomic E-state index is 12.1. The van der Waals surface area contributed by atoms with E-state index in [0.717, 1.165) is 5.56 Å². The molecule has 1 aliphatic heterocycles. The molecule has 1 atom stereocenters. The van der Waals surface area contributed by atoms with Crippen molar-refractivity contribution in [1.82, 2.24) is 10.2 Å². The van der Waals surface area contributed by atoms with Gasteiger partial charge in [0.25, 0.3) is 11.6 Å². The third-order valence-electron chi connectivity index (χ3n) is 4.38. The fraction of sp³-hybridized carbons (Fsp3) is 0.190. The number of ether oxygens (including phenoxy) is 3. The first-order valence-electron chi connectivity index (χ1n) is 9.36. The molecule has 1 aromatic heterocycles. The maximum Gasteiger partial charge on any atom is 0.331 e. The summed E-state index contributed by atoms with van der Waals surface area (Å²) in [5.74, 6) is 0.978. The standard InChI is InChI=1S/C21H17N3O7/c1-13(20-22-23-21(31-20)15-4-6-16(7-5-15)24(26)27)30-19(25)9-3-14-2-8-17-18(12-14)29-11-10-28-17/h2-9,12-13H,10-11H2,1H3/b9-3+. The zero-order valence-electron chi connectivity index (χ0n) is 16.4. The van der Waals surface area contributed by atoms with Crippen LogP contribution in [0.3, 0.4) is 0 Å². The number of nitrogens with zero attached hydrogens (tertiary/aromatic N) is 3. The number of benzene rings is 2. The van der Waals surface area contributed by atoms with Crippen LogP contribution in [0.25, 0.3) is 17.5 Å². The fourth-order valence-electron chi connectivity index (χ4n) is 2.83. The van der Waals surface area contributed by atoms with Gasteiger partial charge in [-0.05, 0) is 42.8 Å². The molecule has 1 aliphatic rings. The van der Waals surface area contributed by atoms with Crippen LogP contribution >= 0.6 is 0 Å². The molecule has 0 fully saturated rings. The lowest BCUT2D eigenvalue weighted by Gasteiger charge is -2.18. The summed E-state index contributed by atoms with van der Waals surface area (Å²) in [6, 6.07) is 11.0. The van der Waals surface area contributed by atoms with Gasteiger partial charge in [-0.2, -0.15) is 0 Å². The van der Waals surface area contributed by atoms with Crippen molar-refractivity contribution in [2.75, 3.05) is 13.2 Å². The predicted molar refractivity (Wildman–Crippen MR) is 107 cm³/mol. The molecule has 10 nitrogen and oxygen atoms in total. The van der Waals surface area contributed by atoms with Crippen LogP contribution in [0.2, 0.25) is 0 Å². The number of nitro benzene ring substituents is 1. The van der Waals surface area contributed by atoms with Crippen molar-refractivity contribution in [2.45, 2.75) is 13.0 Å². The third-order valence-corrected chi connectivity index (χ3v) is 4.38. The van der Waals surface area contributed by atoms with E-state index in [9.17, 15) is 14.9 Å². The normalized spacial score (nSPS) is 13.7. The van der Waals surface area contributed by atoms with Crippen molar-refractivity contribution < 1.29 is 28.3 Å². The van der Waals surface area contributed by atoms with E-state index in [4.69, 9.17) is 18.6 Å². The third kappa shape index (κ3) is 4.69. The quantitative estimate of drug-likeness (QED) is 0.252. The minimum Gasteiger partial charge on any atom is -0.486 e. The summed E-state index contributed by atoms with van der Waals surface area (Å²) in [4.78, 5) is 22.4. The first kappa shape index (κ1) is 20.1. The first-order chi connectivity index (χ1) is 15.0. The second kappa shape index (κ2) is 8.66. The van der Waals surface area contributed by atoms with E-state index in [0.29, 0.717) is 30.3 Å². The van der Waals surface area contributed by atoms with Crippen LogP contribution in [0.15, 0.2) is 53.0 Å². The second-order valence-electron chi connectivity index (χ2n) is 6.56. The van der Waals surface area contributed by atoms with Gasteiger partial charge in [-0.1, -0.05) is 6.07 Å². The zero-order valence-corrected chi connectivity index (χ0v) is 16.4. The average Bonchev–Trinajstić information content (AvgIpc) is 3.28. The number of hydrogen-bond acceptors (Lipinski definition) is 9. The highest BCUT2D eigenvalue weighted by atomic mass is 16.6. The highest BCUT2D eigenvalue weighted by Crippen LogP contribution is 2.31. The molecule has 2 heterocycles. The minimum absolute atomic E-state index is 0.0458. The van der Waals surface area contributed by atoms with Gasteiger partial charge in [0.2, 0.25) is 5.89 Å². The van der Waals surface area contributed by atoms with Crippen LogP contribution in [-0.2, 0) is 9.53 Å². The molecule has 4 rings (SSSR count). The lowest BCUT2D eigenvalue weighted by atomic mass is 10.2. The first-order valence-corrected chi connectivity index (χ1v) is 9.36. The highest BCUT2D eigenvalue weighted by Gasteiger charge is 2.19. The van der Waals surface area contributed by atoms with Crippen molar-refractivity contribution >= 4 is 17.7 Å². The molecule has 10 heteroatoms. The van der Waals surface area contributed by atoms with E-state index < -0.39 is 17.0 Å². The van der Waals surface area contributed by atoms with Gasteiger partial charge in [0.15, 0.2) is 17.6 Å². The molecule has 0 bridgehead atoms. The molecule has 2 aromatic carbocycles. The summed E-state index contributed by atoms with van der Waals surface area (Å²) >= 11 is 0. The molecule has 0 aliphatic carbocycles. The average molecular weight is 423 g/mol. The largest absolute Gasteiger partial charge is 0.486 e. The Morgan fingerprint density at radius 3 is 2.61 bits per heavy atom. The van der Waals surface area contributed by atoms with E-state index in [1.54, 1.807) is 31.2 Å². The number of aromatic nitrogens is 2. The monoisotopic (exact) mass is 423 g/mol. The second-order valence-corrected chi connectivity index (χ2v) is 6.56. The Labute approximate surface area is 176 Å². The Kier molecular flexibility index (Phi) is 5.61. The summed E-state index contributed by atoms with van der Waals surface area (Å²) in [7, 11) is 0. The molecule has 0 spiro atoms. The summed E-state index contributed by atoms with van der Waals surface area (Å²) < 4.78 is 21.8. The maximum atomic E-state index is 12.1. The molecule has 158 valence electrons. The summed E-state index contributed by atoms with van der Waals surface area (Å²) in [6.07, 6.45) is 2.11. The number of fused-ring (bicyclic) bond motifs is 1. The molecule has 0 N–H and O–H groups in total. The van der Waals surface area contributed by atoms with Crippen LogP contribution in [0.4, 0.5) is 5.69 Å². The van der Waals surface area contributed by atoms with Crippen molar-refractivity contribution in [2.24, 2.45) is 0 Å². The van der Waals surface area contributed by atoms with E-state index in [1.165, 1.54) is 30.3 Å². The van der Waals surface area contributed by atoms with E-state index in [2.05, 4.69) is 10.2 Å². The number of esters is 1. The molecule has 0 saturated carbocycles. The summed E-state index contributed by atoms with van der Waals surface area (Å²) in [5, 5.41) is 18.5. The van der Waals surface area contributed by atoms with Crippen molar-refractivity contribution in [3.8, 4) is 23.0 Å². The van der Waals surface area contributed by atoms with Gasteiger partial charge in [-0.15, -0.1) is 10.2 Å². The fourth-order valence-corrected chi connectivity index (χ4v) is 2.83. The summed E-state index contributed by atoms with van der Waals surface area (Å²) in [6.45, 7) is 2.59. The van der Waals surface area contributed by atoms with Gasteiger partial charge in [0.1, 0.15) is 13.2 Å². The smallest absolute Gasteiger partial charge is 0.331 e. The Bertz CT molecular complexity index is 1140. The Morgan fingerprint density at radius 1 is 1.13 bits per heavy atom. The number of hydrogen-bond donors (Lipinski definition) is 0. The van der Waals surface area contributed by atoms with Gasteiger partial charge < -0.3 is 18.6 Å². The molecule has 1 unspecified atom stereocenters. The Balaban J connectivity index is 1.38. The number of rotatable bonds is 6. The molecule has 0 amide bonds. The van der Waals surface area contributed by atoms with Crippen molar-refractivity contribution in [3.05, 3.63) is 70.1 Å². The van der Waals surface area contributed by atoms with Gasteiger partial charge in [-0.25, -0.2) is 4.79 Å². The number of carbonyl (C=O) groups is 1. The van der Waals surface area contributed by atoms with Gasteiger partial charge >= 0.3 is 5.97 Å². The van der Waals surface area contributed by atoms with Crippen LogP contribution in [0.1, 0.15) is 24.5 Å². The molecule has 31 heavy (non-hydrogen) atoms. The van der Waals surface area contributed by atoms with E-state index >= 15 is 0 Å². The number of carbonyl (C=O) groups excluding carboxylic acids is 1. The predicted octanol–water partition coefficient (Wildman–Crippen LogP) is 3.73. The van der Waals surface area contributed by atoms with Crippen molar-refractivity contribution in [3.63, 3.8) is 0 Å². The number of nitro groups is 1. The summed E-state index contributed by atoms with van der Waals surface area (Å²) in [5.41, 5.74) is 1.23. The zero-order chi connectivity index (χ0) is 21.8. The van der Waals surface area contributed by atoms with Gasteiger partial charge in [0.05, 0.1) is 4.92 Å². The van der Waals surface area contributed by atoms with Crippen LogP contribution < -0.4 is 9.47 Å². The molecule has 3 aromatic rings. The van der Waals surface area contributed by atoms with Crippen molar-refractivity contribution in [1.29, 1.82) is 0 Å². The van der Waals surface area contributed by atoms with Crippen LogP contribution in [-0.4, -0.2) is 34.3 Å². The minimum atomic E-state index is -0.781. The number of non-ortho nitro benzene ring substituents is 1. The van der Waals surface area contributed by atoms with E-state index in [1.807, 2.05) is 0 Å². The van der Waals surface area contributed by atoms with Crippen LogP contribution in [0, 0.1) is 10.1 Å². The molecular weight excluding hydrogens is 406 g/mol. The van der Waals surface area contributed by atoms with Gasteiger partial charge in [-0.3, -0.25) is 10.1 Å². The highest BCUT2D eigenvalue weighted by molar-refractivity contribution is 5.87. The Morgan fingerprint density at radius 2 is 1.87 bits per heavy atom. The molecule has 0 saturated heterocycles. The molecule has 0 radical (unpaired) electrons. The lowest BCUT2D eigenvalue weighted by molar-refractivity contribution is -0.384. The van der Waals surface area contributed by atoms with Crippen LogP contribution in [0.5, 0.6) is 11.5 Å². The van der Waals surface area contributed by atoms with Gasteiger partial charge in [0, 0.05) is 23.8 Å². The molecular formula is C21H17N3O7. The topological polar surface area (TPSA) is 127 Å². The Hall–Kier alpha value is -4.21.